The molecule has 0 atom stereocenters. The highest BCUT2D eigenvalue weighted by molar-refractivity contribution is 9.10. The summed E-state index contributed by atoms with van der Waals surface area (Å²) >= 11 is 8.35. The molecule has 2 amide bonds. The highest BCUT2D eigenvalue weighted by atomic mass is 79.9. The van der Waals surface area contributed by atoms with E-state index in [0.717, 1.165) is 10.9 Å². The van der Waals surface area contributed by atoms with Crippen molar-refractivity contribution in [3.8, 4) is 5.75 Å². The summed E-state index contributed by atoms with van der Waals surface area (Å²) in [7, 11) is 0. The molecule has 0 aromatic heterocycles. The van der Waals surface area contributed by atoms with Crippen LogP contribution in [0, 0.1) is 5.92 Å². The van der Waals surface area contributed by atoms with Crippen LogP contribution in [-0.4, -0.2) is 36.7 Å². The summed E-state index contributed by atoms with van der Waals surface area (Å²) in [6.07, 6.45) is 0.878. The van der Waals surface area contributed by atoms with Crippen LogP contribution < -0.4 is 20.9 Å². The second-order valence-corrected chi connectivity index (χ2v) is 7.09. The zero-order valence-electron chi connectivity index (χ0n) is 15.1. The number of carbonyl (C=O) groups excluding carboxylic acids is 2. The van der Waals surface area contributed by atoms with Crippen LogP contribution in [0.25, 0.3) is 0 Å². The quantitative estimate of drug-likeness (QED) is 0.420. The number of carbonyl (C=O) groups is 2. The Balaban J connectivity index is 2.63. The van der Waals surface area contributed by atoms with Gasteiger partial charge in [0.05, 0.1) is 12.2 Å². The predicted molar refractivity (Wildman–Crippen MR) is 107 cm³/mol. The molecular formula is C17H24BrN3O4S. The van der Waals surface area contributed by atoms with E-state index in [1.165, 1.54) is 0 Å². The number of amides is 2. The van der Waals surface area contributed by atoms with Gasteiger partial charge in [0.1, 0.15) is 12.4 Å². The van der Waals surface area contributed by atoms with Crippen molar-refractivity contribution in [1.29, 1.82) is 0 Å². The van der Waals surface area contributed by atoms with Gasteiger partial charge >= 0.3 is 0 Å². The molecule has 9 heteroatoms. The number of halogens is 1. The van der Waals surface area contributed by atoms with E-state index in [1.54, 1.807) is 25.1 Å². The van der Waals surface area contributed by atoms with Gasteiger partial charge in [-0.1, -0.05) is 29.8 Å². The Kier molecular flexibility index (Phi) is 10.2. The fourth-order valence-corrected chi connectivity index (χ4v) is 2.27. The van der Waals surface area contributed by atoms with Crippen LogP contribution in [0.4, 0.5) is 0 Å². The lowest BCUT2D eigenvalue weighted by Gasteiger charge is -2.14. The molecular weight excluding hydrogens is 422 g/mol. The number of ether oxygens (including phenoxy) is 2. The molecule has 0 aliphatic heterocycles. The summed E-state index contributed by atoms with van der Waals surface area (Å²) in [6, 6.07) is 5.17. The average Bonchev–Trinajstić information content (AvgIpc) is 2.59. The molecule has 144 valence electrons. The third kappa shape index (κ3) is 8.59. The first-order valence-electron chi connectivity index (χ1n) is 8.23. The fraction of sp³-hybridized carbons (Fsp3) is 0.471. The number of rotatable bonds is 8. The molecule has 7 nitrogen and oxygen atoms in total. The Bertz CT molecular complexity index is 640. The van der Waals surface area contributed by atoms with Gasteiger partial charge in [-0.2, -0.15) is 0 Å². The smallest absolute Gasteiger partial charge is 0.264 e. The van der Waals surface area contributed by atoms with E-state index in [2.05, 4.69) is 45.9 Å². The molecule has 0 unspecified atom stereocenters. The van der Waals surface area contributed by atoms with Crippen molar-refractivity contribution >= 4 is 45.1 Å². The van der Waals surface area contributed by atoms with E-state index in [1.807, 2.05) is 0 Å². The van der Waals surface area contributed by atoms with Crippen LogP contribution in [-0.2, 0) is 9.53 Å². The van der Waals surface area contributed by atoms with Gasteiger partial charge in [0, 0.05) is 11.1 Å². The van der Waals surface area contributed by atoms with E-state index < -0.39 is 11.8 Å². The maximum absolute atomic E-state index is 12.5. The van der Waals surface area contributed by atoms with Crippen molar-refractivity contribution in [2.24, 2.45) is 5.92 Å². The Morgan fingerprint density at radius 2 is 2.00 bits per heavy atom. The maximum Gasteiger partial charge on any atom is 0.264 e. The molecule has 0 fully saturated rings. The Morgan fingerprint density at radius 3 is 2.65 bits per heavy atom. The minimum Gasteiger partial charge on any atom is -0.493 e. The largest absolute Gasteiger partial charge is 0.493 e. The van der Waals surface area contributed by atoms with Crippen molar-refractivity contribution in [3.05, 3.63) is 28.2 Å². The minimum atomic E-state index is -0.442. The predicted octanol–water partition coefficient (Wildman–Crippen LogP) is 2.55. The number of hydrogen-bond acceptors (Lipinski definition) is 5. The van der Waals surface area contributed by atoms with E-state index >= 15 is 0 Å². The van der Waals surface area contributed by atoms with Crippen LogP contribution in [0.1, 0.15) is 37.6 Å². The Labute approximate surface area is 167 Å². The second-order valence-electron chi connectivity index (χ2n) is 5.77. The first kappa shape index (κ1) is 22.3. The van der Waals surface area contributed by atoms with Crippen molar-refractivity contribution in [3.63, 3.8) is 0 Å². The van der Waals surface area contributed by atoms with Crippen molar-refractivity contribution in [2.75, 3.05) is 19.8 Å². The lowest BCUT2D eigenvalue weighted by atomic mass is 10.1. The Hall–Kier alpha value is -1.71. The number of hydrazine groups is 1. The van der Waals surface area contributed by atoms with Crippen molar-refractivity contribution in [2.45, 2.75) is 27.2 Å². The number of benzene rings is 1. The van der Waals surface area contributed by atoms with Crippen molar-refractivity contribution in [1.82, 2.24) is 16.2 Å². The van der Waals surface area contributed by atoms with Crippen LogP contribution in [0.15, 0.2) is 22.7 Å². The second kappa shape index (κ2) is 11.8. The van der Waals surface area contributed by atoms with Crippen LogP contribution in [0.5, 0.6) is 5.75 Å². The molecule has 0 aliphatic rings. The zero-order valence-corrected chi connectivity index (χ0v) is 17.5. The Morgan fingerprint density at radius 1 is 1.27 bits per heavy atom. The van der Waals surface area contributed by atoms with E-state index in [4.69, 9.17) is 21.7 Å². The first-order chi connectivity index (χ1) is 12.3. The van der Waals surface area contributed by atoms with Crippen LogP contribution in [0.2, 0.25) is 0 Å². The van der Waals surface area contributed by atoms with E-state index in [0.29, 0.717) is 30.4 Å². The summed E-state index contributed by atoms with van der Waals surface area (Å²) in [5, 5.41) is 2.47. The monoisotopic (exact) mass is 445 g/mol. The molecule has 0 saturated heterocycles. The number of hydrogen-bond donors (Lipinski definition) is 3. The molecule has 1 aromatic carbocycles. The first-order valence-corrected chi connectivity index (χ1v) is 9.43. The van der Waals surface area contributed by atoms with E-state index in [-0.39, 0.29) is 11.7 Å². The summed E-state index contributed by atoms with van der Waals surface area (Å²) in [5.41, 5.74) is 5.13. The minimum absolute atomic E-state index is 0.0343. The molecule has 0 aliphatic carbocycles. The van der Waals surface area contributed by atoms with Gasteiger partial charge in [-0.15, -0.1) is 0 Å². The molecule has 26 heavy (non-hydrogen) atoms. The summed E-state index contributed by atoms with van der Waals surface area (Å²) in [4.78, 5) is 23.9. The number of nitrogens with one attached hydrogen (secondary N) is 3. The summed E-state index contributed by atoms with van der Waals surface area (Å²) in [6.45, 7) is 6.82. The molecule has 3 N–H and O–H groups in total. The van der Waals surface area contributed by atoms with Gasteiger partial charge in [0.25, 0.3) is 11.8 Å². The topological polar surface area (TPSA) is 88.7 Å². The van der Waals surface area contributed by atoms with Gasteiger partial charge in [-0.05, 0) is 49.7 Å². The number of thiocarbonyl (C=S) groups is 1. The van der Waals surface area contributed by atoms with Crippen molar-refractivity contribution < 1.29 is 19.1 Å². The van der Waals surface area contributed by atoms with Gasteiger partial charge in [-0.25, -0.2) is 0 Å². The highest BCUT2D eigenvalue weighted by Gasteiger charge is 2.15. The molecule has 1 aromatic rings. The molecule has 0 bridgehead atoms. The lowest BCUT2D eigenvalue weighted by molar-refractivity contribution is -0.126. The fourth-order valence-electron chi connectivity index (χ4n) is 1.77. The maximum atomic E-state index is 12.5. The van der Waals surface area contributed by atoms with Gasteiger partial charge < -0.3 is 9.47 Å². The lowest BCUT2D eigenvalue weighted by Crippen LogP contribution is -2.49. The zero-order chi connectivity index (χ0) is 19.5. The summed E-state index contributed by atoms with van der Waals surface area (Å²) in [5.74, 6) is 0.125. The van der Waals surface area contributed by atoms with Crippen LogP contribution in [0.3, 0.4) is 0 Å². The molecule has 0 heterocycles. The molecule has 0 saturated carbocycles. The average molecular weight is 446 g/mol. The third-order valence-corrected chi connectivity index (χ3v) is 3.82. The van der Waals surface area contributed by atoms with E-state index in [9.17, 15) is 9.59 Å². The van der Waals surface area contributed by atoms with Gasteiger partial charge in [0.15, 0.2) is 5.11 Å². The SMILES string of the molecule is CCOCC(=O)NNC(=S)NC(=O)c1cc(Br)ccc1OCCC(C)C. The van der Waals surface area contributed by atoms with Gasteiger partial charge in [-0.3, -0.25) is 25.8 Å². The van der Waals surface area contributed by atoms with Crippen LogP contribution >= 0.6 is 28.1 Å². The van der Waals surface area contributed by atoms with Gasteiger partial charge in [0.2, 0.25) is 0 Å². The summed E-state index contributed by atoms with van der Waals surface area (Å²) < 4.78 is 11.4. The normalized spacial score (nSPS) is 10.3. The molecule has 0 spiro atoms. The highest BCUT2D eigenvalue weighted by Crippen LogP contribution is 2.23. The molecule has 0 radical (unpaired) electrons. The molecule has 1 rings (SSSR count). The standard InChI is InChI=1S/C17H24BrN3O4S/c1-4-24-10-15(22)20-21-17(26)19-16(23)13-9-12(18)5-6-14(13)25-8-7-11(2)3/h5-6,9,11H,4,7-8,10H2,1-3H3,(H,20,22)(H2,19,21,23,26). The third-order valence-electron chi connectivity index (χ3n) is 3.12.